The number of aromatic nitrogens is 2. The number of hydrogen-bond donors (Lipinski definition) is 1. The van der Waals surface area contributed by atoms with Gasteiger partial charge in [-0.1, -0.05) is 43.2 Å². The van der Waals surface area contributed by atoms with E-state index in [1.165, 1.54) is 47.8 Å². The zero-order valence-electron chi connectivity index (χ0n) is 18.2. The van der Waals surface area contributed by atoms with E-state index in [1.54, 1.807) is 0 Å². The topological polar surface area (TPSA) is 67.4 Å². The number of primary amides is 1. The Morgan fingerprint density at radius 1 is 1.10 bits per heavy atom. The van der Waals surface area contributed by atoms with Gasteiger partial charge in [0.25, 0.3) is 0 Å². The highest BCUT2D eigenvalue weighted by atomic mass is 16.2. The van der Waals surface area contributed by atoms with Crippen LogP contribution in [0.25, 0.3) is 10.9 Å². The van der Waals surface area contributed by atoms with E-state index in [0.717, 1.165) is 25.2 Å². The summed E-state index contributed by atoms with van der Waals surface area (Å²) < 4.78 is 2.27. The number of nitrogens with two attached hydrogens (primary N) is 1. The van der Waals surface area contributed by atoms with Gasteiger partial charge in [-0.2, -0.15) is 5.10 Å². The molecule has 0 unspecified atom stereocenters. The number of carbonyl (C=O) groups is 1. The molecule has 31 heavy (non-hydrogen) atoms. The first kappa shape index (κ1) is 19.9. The molecule has 1 aliphatic heterocycles. The van der Waals surface area contributed by atoms with Crippen LogP contribution < -0.4 is 10.6 Å². The van der Waals surface area contributed by atoms with Gasteiger partial charge in [-0.05, 0) is 49.9 Å². The first-order chi connectivity index (χ1) is 15.1. The van der Waals surface area contributed by atoms with Gasteiger partial charge in [0.05, 0.1) is 23.3 Å². The fourth-order valence-corrected chi connectivity index (χ4v) is 5.35. The normalized spacial score (nSPS) is 20.0. The van der Waals surface area contributed by atoms with Gasteiger partial charge >= 0.3 is 6.03 Å². The number of hydrogen-bond acceptors (Lipinski definition) is 3. The number of nitrogens with zero attached hydrogens (tertiary/aromatic N) is 4. The molecule has 6 nitrogen and oxygen atoms in total. The van der Waals surface area contributed by atoms with Crippen LogP contribution in [0, 0.1) is 6.92 Å². The molecule has 1 aromatic heterocycles. The van der Waals surface area contributed by atoms with Gasteiger partial charge in [0.2, 0.25) is 0 Å². The molecule has 0 spiro atoms. The molecule has 5 rings (SSSR count). The maximum Gasteiger partial charge on any atom is 0.315 e. The SMILES string of the molecule is Cc1nn(C2CCCC2)c2cc(N3CCN(C(N)=O)[C@@H](Cc4ccccc4)C3)ccc12. The predicted molar refractivity (Wildman–Crippen MR) is 124 cm³/mol. The number of carbonyl (C=O) groups excluding carboxylic acids is 1. The summed E-state index contributed by atoms with van der Waals surface area (Å²) in [4.78, 5) is 16.3. The maximum absolute atomic E-state index is 12.1. The minimum Gasteiger partial charge on any atom is -0.368 e. The van der Waals surface area contributed by atoms with Crippen LogP contribution >= 0.6 is 0 Å². The average molecular weight is 418 g/mol. The molecular formula is C25H31N5O. The fourth-order valence-electron chi connectivity index (χ4n) is 5.35. The van der Waals surface area contributed by atoms with Crippen molar-refractivity contribution in [3.8, 4) is 0 Å². The molecule has 0 bridgehead atoms. The lowest BCUT2D eigenvalue weighted by atomic mass is 10.0. The van der Waals surface area contributed by atoms with E-state index in [-0.39, 0.29) is 12.1 Å². The first-order valence-corrected chi connectivity index (χ1v) is 11.4. The molecule has 2 N–H and O–H groups in total. The summed E-state index contributed by atoms with van der Waals surface area (Å²) in [5, 5.41) is 6.14. The van der Waals surface area contributed by atoms with Gasteiger partial charge in [-0.15, -0.1) is 0 Å². The Morgan fingerprint density at radius 3 is 2.61 bits per heavy atom. The number of aryl methyl sites for hydroxylation is 1. The van der Waals surface area contributed by atoms with Crippen molar-refractivity contribution in [3.05, 3.63) is 59.8 Å². The van der Waals surface area contributed by atoms with Crippen LogP contribution in [0.15, 0.2) is 48.5 Å². The summed E-state index contributed by atoms with van der Waals surface area (Å²) >= 11 is 0. The zero-order chi connectivity index (χ0) is 21.4. The number of benzene rings is 2. The smallest absolute Gasteiger partial charge is 0.315 e. The Morgan fingerprint density at radius 2 is 1.87 bits per heavy atom. The zero-order valence-corrected chi connectivity index (χ0v) is 18.2. The molecule has 1 saturated carbocycles. The third-order valence-corrected chi connectivity index (χ3v) is 6.99. The van der Waals surface area contributed by atoms with Crippen LogP contribution in [0.5, 0.6) is 0 Å². The van der Waals surface area contributed by atoms with Crippen molar-refractivity contribution in [2.45, 2.75) is 51.1 Å². The van der Waals surface area contributed by atoms with E-state index < -0.39 is 0 Å². The molecule has 1 saturated heterocycles. The highest BCUT2D eigenvalue weighted by Gasteiger charge is 2.30. The number of fused-ring (bicyclic) bond motifs is 1. The van der Waals surface area contributed by atoms with Crippen LogP contribution in [-0.4, -0.2) is 46.4 Å². The molecule has 162 valence electrons. The van der Waals surface area contributed by atoms with Crippen molar-refractivity contribution in [1.82, 2.24) is 14.7 Å². The Labute approximate surface area is 183 Å². The van der Waals surface area contributed by atoms with E-state index >= 15 is 0 Å². The molecule has 2 aliphatic rings. The van der Waals surface area contributed by atoms with E-state index in [9.17, 15) is 4.79 Å². The lowest BCUT2D eigenvalue weighted by molar-refractivity contribution is 0.174. The largest absolute Gasteiger partial charge is 0.368 e. The average Bonchev–Trinajstić information content (AvgIpc) is 3.42. The molecule has 1 atom stereocenters. The molecule has 0 radical (unpaired) electrons. The number of rotatable bonds is 4. The highest BCUT2D eigenvalue weighted by Crippen LogP contribution is 2.34. The van der Waals surface area contributed by atoms with Crippen molar-refractivity contribution < 1.29 is 4.79 Å². The summed E-state index contributed by atoms with van der Waals surface area (Å²) in [5.41, 5.74) is 10.5. The number of anilines is 1. The molecule has 6 heteroatoms. The Kier molecular flexibility index (Phi) is 5.30. The summed E-state index contributed by atoms with van der Waals surface area (Å²) in [6, 6.07) is 17.3. The van der Waals surface area contributed by atoms with E-state index in [0.29, 0.717) is 12.6 Å². The monoisotopic (exact) mass is 417 g/mol. The minimum absolute atomic E-state index is 0.0609. The third-order valence-electron chi connectivity index (χ3n) is 6.99. The van der Waals surface area contributed by atoms with Crippen molar-refractivity contribution in [2.75, 3.05) is 24.5 Å². The van der Waals surface area contributed by atoms with Gasteiger partial charge in [-0.25, -0.2) is 4.79 Å². The maximum atomic E-state index is 12.1. The van der Waals surface area contributed by atoms with Crippen LogP contribution in [0.2, 0.25) is 0 Å². The van der Waals surface area contributed by atoms with Crippen LogP contribution in [0.1, 0.15) is 43.0 Å². The lowest BCUT2D eigenvalue weighted by Gasteiger charge is -2.42. The summed E-state index contributed by atoms with van der Waals surface area (Å²) in [5.74, 6) is 0. The minimum atomic E-state index is -0.328. The predicted octanol–water partition coefficient (Wildman–Crippen LogP) is 4.27. The molecule has 2 aromatic carbocycles. The fraction of sp³-hybridized carbons (Fsp3) is 0.440. The van der Waals surface area contributed by atoms with Crippen LogP contribution in [0.4, 0.5) is 10.5 Å². The first-order valence-electron chi connectivity index (χ1n) is 11.4. The van der Waals surface area contributed by atoms with Crippen molar-refractivity contribution in [2.24, 2.45) is 5.73 Å². The van der Waals surface area contributed by atoms with Gasteiger partial charge in [0.15, 0.2) is 0 Å². The van der Waals surface area contributed by atoms with E-state index in [2.05, 4.69) is 46.8 Å². The van der Waals surface area contributed by atoms with Crippen molar-refractivity contribution >= 4 is 22.6 Å². The van der Waals surface area contributed by atoms with Gasteiger partial charge < -0.3 is 15.5 Å². The Bertz CT molecular complexity index is 1070. The summed E-state index contributed by atoms with van der Waals surface area (Å²) in [6.07, 6.45) is 5.83. The van der Waals surface area contributed by atoms with Crippen LogP contribution in [0.3, 0.4) is 0 Å². The third kappa shape index (κ3) is 3.87. The van der Waals surface area contributed by atoms with Gasteiger partial charge in [0.1, 0.15) is 0 Å². The second-order valence-corrected chi connectivity index (χ2v) is 8.99. The standard InChI is InChI=1S/C25H31N5O/c1-18-23-12-11-21(16-24(23)30(27-18)20-9-5-6-10-20)28-13-14-29(25(26)31)22(17-28)15-19-7-3-2-4-8-19/h2-4,7-8,11-12,16,20,22H,5-6,9-10,13-15,17H2,1H3,(H2,26,31)/t22-/m0/s1. The van der Waals surface area contributed by atoms with Crippen molar-refractivity contribution in [1.29, 1.82) is 0 Å². The number of urea groups is 1. The second kappa shape index (κ2) is 8.25. The van der Waals surface area contributed by atoms with Gasteiger partial charge in [0, 0.05) is 30.7 Å². The Balaban J connectivity index is 1.43. The lowest BCUT2D eigenvalue weighted by Crippen LogP contribution is -2.57. The summed E-state index contributed by atoms with van der Waals surface area (Å²) in [6.45, 7) is 4.32. The Hall–Kier alpha value is -3.02. The van der Waals surface area contributed by atoms with Crippen molar-refractivity contribution in [3.63, 3.8) is 0 Å². The molecule has 1 aliphatic carbocycles. The second-order valence-electron chi connectivity index (χ2n) is 8.99. The molecule has 2 amide bonds. The summed E-state index contributed by atoms with van der Waals surface area (Å²) in [7, 11) is 0. The molecule has 2 heterocycles. The molecule has 2 fully saturated rings. The van der Waals surface area contributed by atoms with Gasteiger partial charge in [-0.3, -0.25) is 4.68 Å². The molecule has 3 aromatic rings. The van der Waals surface area contributed by atoms with E-state index in [1.807, 2.05) is 23.1 Å². The quantitative estimate of drug-likeness (QED) is 0.689. The van der Waals surface area contributed by atoms with Crippen LogP contribution in [-0.2, 0) is 6.42 Å². The highest BCUT2D eigenvalue weighted by molar-refractivity contribution is 5.85. The van der Waals surface area contributed by atoms with E-state index in [4.69, 9.17) is 10.8 Å². The number of amides is 2. The number of piperazine rings is 1. The molecular weight excluding hydrogens is 386 g/mol.